The van der Waals surface area contributed by atoms with Gasteiger partial charge in [-0.3, -0.25) is 4.79 Å². The molecule has 4 rings (SSSR count). The van der Waals surface area contributed by atoms with Crippen LogP contribution in [0, 0.1) is 0 Å². The van der Waals surface area contributed by atoms with Crippen molar-refractivity contribution in [3.05, 3.63) is 65.6 Å². The van der Waals surface area contributed by atoms with Crippen molar-refractivity contribution in [3.63, 3.8) is 0 Å². The molecule has 1 aliphatic rings. The SMILES string of the molecule is Nc1cc2c(nn1)CCN(C(=O)Cc1ccc(-n3cccn3)cc1)C2. The molecule has 0 unspecified atom stereocenters. The summed E-state index contributed by atoms with van der Waals surface area (Å²) in [5.41, 5.74) is 9.58. The van der Waals surface area contributed by atoms with Crippen molar-refractivity contribution in [2.24, 2.45) is 0 Å². The van der Waals surface area contributed by atoms with E-state index in [0.717, 1.165) is 22.5 Å². The Labute approximate surface area is 145 Å². The number of carbonyl (C=O) groups is 1. The molecule has 1 amide bonds. The summed E-state index contributed by atoms with van der Waals surface area (Å²) in [5.74, 6) is 0.495. The molecule has 0 atom stereocenters. The van der Waals surface area contributed by atoms with Gasteiger partial charge in [-0.05, 0) is 35.4 Å². The minimum atomic E-state index is 0.105. The second-order valence-electron chi connectivity index (χ2n) is 6.10. The molecular formula is C18H18N6O. The Morgan fingerprint density at radius 1 is 1.20 bits per heavy atom. The number of carbonyl (C=O) groups excluding carboxylic acids is 1. The maximum Gasteiger partial charge on any atom is 0.227 e. The average Bonchev–Trinajstić information content (AvgIpc) is 3.16. The summed E-state index contributed by atoms with van der Waals surface area (Å²) in [4.78, 5) is 14.5. The summed E-state index contributed by atoms with van der Waals surface area (Å²) in [6.45, 7) is 1.20. The number of aromatic nitrogens is 4. The van der Waals surface area contributed by atoms with Crippen LogP contribution in [0.3, 0.4) is 0 Å². The number of anilines is 1. The second-order valence-corrected chi connectivity index (χ2v) is 6.10. The number of fused-ring (bicyclic) bond motifs is 1. The molecule has 3 aromatic rings. The monoisotopic (exact) mass is 334 g/mol. The van der Waals surface area contributed by atoms with Crippen LogP contribution in [0.1, 0.15) is 16.8 Å². The van der Waals surface area contributed by atoms with Crippen LogP contribution in [-0.4, -0.2) is 37.3 Å². The highest BCUT2D eigenvalue weighted by Crippen LogP contribution is 2.19. The molecule has 7 nitrogen and oxygen atoms in total. The van der Waals surface area contributed by atoms with Crippen LogP contribution in [0.5, 0.6) is 0 Å². The standard InChI is InChI=1S/C18H18N6O/c19-17-11-14-12-23(9-6-16(14)21-22-17)18(25)10-13-2-4-15(5-3-13)24-8-1-7-20-24/h1-5,7-8,11H,6,9-10,12H2,(H2,19,22). The van der Waals surface area contributed by atoms with E-state index in [2.05, 4.69) is 15.3 Å². The van der Waals surface area contributed by atoms with E-state index in [0.29, 0.717) is 31.7 Å². The van der Waals surface area contributed by atoms with Crippen molar-refractivity contribution in [2.75, 3.05) is 12.3 Å². The Morgan fingerprint density at radius 2 is 2.04 bits per heavy atom. The summed E-state index contributed by atoms with van der Waals surface area (Å²) in [6, 6.07) is 11.6. The van der Waals surface area contributed by atoms with E-state index in [-0.39, 0.29) is 5.91 Å². The maximum atomic E-state index is 12.6. The third-order valence-electron chi connectivity index (χ3n) is 4.37. The molecule has 1 aromatic carbocycles. The Morgan fingerprint density at radius 3 is 2.80 bits per heavy atom. The maximum absolute atomic E-state index is 12.6. The molecule has 2 aromatic heterocycles. The van der Waals surface area contributed by atoms with E-state index >= 15 is 0 Å². The third-order valence-corrected chi connectivity index (χ3v) is 4.37. The van der Waals surface area contributed by atoms with E-state index in [1.807, 2.05) is 41.4 Å². The quantitative estimate of drug-likeness (QED) is 0.781. The van der Waals surface area contributed by atoms with Crippen molar-refractivity contribution in [3.8, 4) is 5.69 Å². The molecule has 126 valence electrons. The zero-order chi connectivity index (χ0) is 17.2. The Balaban J connectivity index is 1.44. The highest BCUT2D eigenvalue weighted by Gasteiger charge is 2.22. The van der Waals surface area contributed by atoms with Crippen molar-refractivity contribution < 1.29 is 4.79 Å². The molecule has 0 saturated heterocycles. The predicted molar refractivity (Wildman–Crippen MR) is 92.8 cm³/mol. The minimum absolute atomic E-state index is 0.105. The van der Waals surface area contributed by atoms with Crippen molar-refractivity contribution in [2.45, 2.75) is 19.4 Å². The summed E-state index contributed by atoms with van der Waals surface area (Å²) in [5, 5.41) is 12.2. The summed E-state index contributed by atoms with van der Waals surface area (Å²) in [7, 11) is 0. The van der Waals surface area contributed by atoms with Crippen molar-refractivity contribution in [1.29, 1.82) is 0 Å². The highest BCUT2D eigenvalue weighted by atomic mass is 16.2. The molecule has 7 heteroatoms. The molecule has 0 fully saturated rings. The number of hydrogen-bond donors (Lipinski definition) is 1. The van der Waals surface area contributed by atoms with Crippen LogP contribution in [0.25, 0.3) is 5.69 Å². The molecule has 0 bridgehead atoms. The van der Waals surface area contributed by atoms with E-state index < -0.39 is 0 Å². The lowest BCUT2D eigenvalue weighted by molar-refractivity contribution is -0.131. The minimum Gasteiger partial charge on any atom is -0.382 e. The van der Waals surface area contributed by atoms with Gasteiger partial charge in [-0.15, -0.1) is 5.10 Å². The fourth-order valence-corrected chi connectivity index (χ4v) is 3.03. The van der Waals surface area contributed by atoms with Gasteiger partial charge in [0.2, 0.25) is 5.91 Å². The first-order chi connectivity index (χ1) is 12.2. The van der Waals surface area contributed by atoms with Gasteiger partial charge in [0, 0.05) is 31.9 Å². The van der Waals surface area contributed by atoms with Crippen LogP contribution in [0.15, 0.2) is 48.8 Å². The van der Waals surface area contributed by atoms with Crippen LogP contribution in [0.2, 0.25) is 0 Å². The van der Waals surface area contributed by atoms with Crippen LogP contribution < -0.4 is 5.73 Å². The number of hydrogen-bond acceptors (Lipinski definition) is 5. The van der Waals surface area contributed by atoms with Gasteiger partial charge in [-0.1, -0.05) is 12.1 Å². The van der Waals surface area contributed by atoms with Crippen molar-refractivity contribution in [1.82, 2.24) is 24.9 Å². The van der Waals surface area contributed by atoms with Crippen LogP contribution >= 0.6 is 0 Å². The van der Waals surface area contributed by atoms with E-state index in [4.69, 9.17) is 5.73 Å². The number of nitrogens with two attached hydrogens (primary N) is 1. The van der Waals surface area contributed by atoms with E-state index in [1.165, 1.54) is 0 Å². The third kappa shape index (κ3) is 3.21. The molecule has 0 saturated carbocycles. The molecule has 0 aliphatic carbocycles. The number of amides is 1. The number of benzene rings is 1. The number of nitrogen functional groups attached to an aromatic ring is 1. The molecule has 25 heavy (non-hydrogen) atoms. The smallest absolute Gasteiger partial charge is 0.227 e. The first kappa shape index (κ1) is 15.3. The molecule has 2 N–H and O–H groups in total. The van der Waals surface area contributed by atoms with Gasteiger partial charge in [0.1, 0.15) is 5.82 Å². The topological polar surface area (TPSA) is 89.9 Å². The molecule has 1 aliphatic heterocycles. The second kappa shape index (κ2) is 6.35. The zero-order valence-electron chi connectivity index (χ0n) is 13.7. The summed E-state index contributed by atoms with van der Waals surface area (Å²) in [6.07, 6.45) is 4.72. The average molecular weight is 334 g/mol. The lowest BCUT2D eigenvalue weighted by Crippen LogP contribution is -2.37. The zero-order valence-corrected chi connectivity index (χ0v) is 13.7. The van der Waals surface area contributed by atoms with Gasteiger partial charge < -0.3 is 10.6 Å². The largest absolute Gasteiger partial charge is 0.382 e. The van der Waals surface area contributed by atoms with Crippen LogP contribution in [0.4, 0.5) is 5.82 Å². The van der Waals surface area contributed by atoms with E-state index in [9.17, 15) is 4.79 Å². The Bertz CT molecular complexity index is 888. The highest BCUT2D eigenvalue weighted by molar-refractivity contribution is 5.79. The fourth-order valence-electron chi connectivity index (χ4n) is 3.03. The van der Waals surface area contributed by atoms with Crippen molar-refractivity contribution >= 4 is 11.7 Å². The van der Waals surface area contributed by atoms with Gasteiger partial charge >= 0.3 is 0 Å². The van der Waals surface area contributed by atoms with Gasteiger partial charge in [-0.2, -0.15) is 10.2 Å². The van der Waals surface area contributed by atoms with Gasteiger partial charge in [0.05, 0.1) is 17.8 Å². The number of rotatable bonds is 3. The number of nitrogens with zero attached hydrogens (tertiary/aromatic N) is 5. The van der Waals surface area contributed by atoms with E-state index in [1.54, 1.807) is 16.9 Å². The fraction of sp³-hybridized carbons (Fsp3) is 0.222. The summed E-state index contributed by atoms with van der Waals surface area (Å²) < 4.78 is 1.79. The lowest BCUT2D eigenvalue weighted by Gasteiger charge is -2.28. The summed E-state index contributed by atoms with van der Waals surface area (Å²) >= 11 is 0. The first-order valence-corrected chi connectivity index (χ1v) is 8.17. The van der Waals surface area contributed by atoms with Gasteiger partial charge in [0.15, 0.2) is 0 Å². The Kier molecular flexibility index (Phi) is 3.89. The lowest BCUT2D eigenvalue weighted by atomic mass is 10.0. The molecular weight excluding hydrogens is 316 g/mol. The van der Waals surface area contributed by atoms with Gasteiger partial charge in [-0.25, -0.2) is 4.68 Å². The first-order valence-electron chi connectivity index (χ1n) is 8.17. The normalized spacial score (nSPS) is 13.5. The molecule has 0 radical (unpaired) electrons. The van der Waals surface area contributed by atoms with Crippen LogP contribution in [-0.2, 0) is 24.2 Å². The molecule has 0 spiro atoms. The molecule has 3 heterocycles. The predicted octanol–water partition coefficient (Wildman–Crippen LogP) is 1.37. The Hall–Kier alpha value is -3.22. The van der Waals surface area contributed by atoms with Gasteiger partial charge in [0.25, 0.3) is 0 Å².